The molecular weight excluding hydrogens is 290 g/mol. The predicted octanol–water partition coefficient (Wildman–Crippen LogP) is 3.71. The molecule has 1 N–H and O–H groups in total. The minimum absolute atomic E-state index is 0.689. The van der Waals surface area contributed by atoms with E-state index >= 15 is 0 Å². The molecule has 0 aliphatic carbocycles. The summed E-state index contributed by atoms with van der Waals surface area (Å²) >= 11 is 3.44. The molecule has 0 unspecified atom stereocenters. The summed E-state index contributed by atoms with van der Waals surface area (Å²) in [5.74, 6) is 0.908. The van der Waals surface area contributed by atoms with Crippen molar-refractivity contribution in [3.63, 3.8) is 0 Å². The highest BCUT2D eigenvalue weighted by atomic mass is 79.9. The number of likely N-dealkylation sites (N-methyl/N-ethyl adjacent to an activating group) is 1. The highest BCUT2D eigenvalue weighted by Crippen LogP contribution is 2.23. The average molecular weight is 306 g/mol. The SMILES string of the molecule is CNCCOc1ccc(-c2ccc(Br)cc2)cc1. The lowest BCUT2D eigenvalue weighted by atomic mass is 10.1. The maximum atomic E-state index is 5.59. The van der Waals surface area contributed by atoms with Gasteiger partial charge in [0.1, 0.15) is 12.4 Å². The summed E-state index contributed by atoms with van der Waals surface area (Å²) in [5.41, 5.74) is 2.41. The first-order valence-corrected chi connectivity index (χ1v) is 6.72. The summed E-state index contributed by atoms with van der Waals surface area (Å²) in [4.78, 5) is 0. The van der Waals surface area contributed by atoms with E-state index in [-0.39, 0.29) is 0 Å². The predicted molar refractivity (Wildman–Crippen MR) is 79.0 cm³/mol. The van der Waals surface area contributed by atoms with Gasteiger partial charge in [0.05, 0.1) is 0 Å². The molecule has 2 rings (SSSR count). The topological polar surface area (TPSA) is 21.3 Å². The van der Waals surface area contributed by atoms with Crippen LogP contribution in [-0.4, -0.2) is 20.2 Å². The van der Waals surface area contributed by atoms with Gasteiger partial charge in [0.15, 0.2) is 0 Å². The quantitative estimate of drug-likeness (QED) is 0.850. The molecule has 0 aromatic heterocycles. The van der Waals surface area contributed by atoms with Crippen LogP contribution in [0, 0.1) is 0 Å². The molecule has 18 heavy (non-hydrogen) atoms. The lowest BCUT2D eigenvalue weighted by Crippen LogP contribution is -2.15. The van der Waals surface area contributed by atoms with Crippen molar-refractivity contribution < 1.29 is 4.74 Å². The van der Waals surface area contributed by atoms with Crippen LogP contribution in [0.5, 0.6) is 5.75 Å². The Hall–Kier alpha value is -1.32. The van der Waals surface area contributed by atoms with Crippen molar-refractivity contribution in [1.82, 2.24) is 5.32 Å². The maximum Gasteiger partial charge on any atom is 0.119 e. The Kier molecular flexibility index (Phi) is 4.79. The molecule has 0 atom stereocenters. The number of ether oxygens (including phenoxy) is 1. The van der Waals surface area contributed by atoms with E-state index in [9.17, 15) is 0 Å². The number of benzene rings is 2. The molecule has 2 aromatic carbocycles. The van der Waals surface area contributed by atoms with Crippen LogP contribution in [0.25, 0.3) is 11.1 Å². The molecule has 0 saturated heterocycles. The van der Waals surface area contributed by atoms with E-state index in [1.807, 2.05) is 31.3 Å². The van der Waals surface area contributed by atoms with Crippen molar-refractivity contribution in [3.05, 3.63) is 53.0 Å². The molecule has 0 spiro atoms. The monoisotopic (exact) mass is 305 g/mol. The largest absolute Gasteiger partial charge is 0.492 e. The van der Waals surface area contributed by atoms with E-state index in [1.54, 1.807) is 0 Å². The molecule has 2 aromatic rings. The fourth-order valence-electron chi connectivity index (χ4n) is 1.66. The molecule has 3 heteroatoms. The first kappa shape index (κ1) is 13.1. The molecule has 0 fully saturated rings. The summed E-state index contributed by atoms with van der Waals surface area (Å²) in [5, 5.41) is 3.05. The van der Waals surface area contributed by atoms with Crippen molar-refractivity contribution >= 4 is 15.9 Å². The molecule has 2 nitrogen and oxygen atoms in total. The molecule has 0 saturated carbocycles. The molecule has 0 radical (unpaired) electrons. The Morgan fingerprint density at radius 1 is 0.944 bits per heavy atom. The first-order valence-electron chi connectivity index (χ1n) is 5.93. The Morgan fingerprint density at radius 2 is 1.50 bits per heavy atom. The van der Waals surface area contributed by atoms with Crippen LogP contribution in [0.1, 0.15) is 0 Å². The lowest BCUT2D eigenvalue weighted by Gasteiger charge is -2.07. The van der Waals surface area contributed by atoms with Gasteiger partial charge in [0, 0.05) is 11.0 Å². The third-order valence-corrected chi connectivity index (χ3v) is 3.18. The highest BCUT2D eigenvalue weighted by Gasteiger charge is 1.98. The Bertz CT molecular complexity index is 479. The van der Waals surface area contributed by atoms with Gasteiger partial charge in [-0.1, -0.05) is 40.2 Å². The molecule has 0 heterocycles. The molecule has 0 aliphatic rings. The number of halogens is 1. The fraction of sp³-hybridized carbons (Fsp3) is 0.200. The smallest absolute Gasteiger partial charge is 0.119 e. The van der Waals surface area contributed by atoms with Gasteiger partial charge < -0.3 is 10.1 Å². The van der Waals surface area contributed by atoms with E-state index in [1.165, 1.54) is 11.1 Å². The van der Waals surface area contributed by atoms with Gasteiger partial charge >= 0.3 is 0 Å². The zero-order valence-corrected chi connectivity index (χ0v) is 11.9. The van der Waals surface area contributed by atoms with Crippen LogP contribution in [0.2, 0.25) is 0 Å². The second-order valence-electron chi connectivity index (χ2n) is 3.98. The summed E-state index contributed by atoms with van der Waals surface area (Å²) in [6, 6.07) is 16.5. The number of hydrogen-bond donors (Lipinski definition) is 1. The Morgan fingerprint density at radius 3 is 2.06 bits per heavy atom. The van der Waals surface area contributed by atoms with Crippen molar-refractivity contribution in [2.24, 2.45) is 0 Å². The van der Waals surface area contributed by atoms with Gasteiger partial charge in [0.25, 0.3) is 0 Å². The van der Waals surface area contributed by atoms with Gasteiger partial charge in [-0.3, -0.25) is 0 Å². The summed E-state index contributed by atoms with van der Waals surface area (Å²) in [6.07, 6.45) is 0. The van der Waals surface area contributed by atoms with Crippen LogP contribution < -0.4 is 10.1 Å². The second-order valence-corrected chi connectivity index (χ2v) is 4.90. The normalized spacial score (nSPS) is 10.3. The second kappa shape index (κ2) is 6.57. The minimum Gasteiger partial charge on any atom is -0.492 e. The third kappa shape index (κ3) is 3.59. The highest BCUT2D eigenvalue weighted by molar-refractivity contribution is 9.10. The van der Waals surface area contributed by atoms with Crippen LogP contribution in [-0.2, 0) is 0 Å². The van der Waals surface area contributed by atoms with Crippen LogP contribution in [0.15, 0.2) is 53.0 Å². The van der Waals surface area contributed by atoms with Gasteiger partial charge in [-0.15, -0.1) is 0 Å². The van der Waals surface area contributed by atoms with Gasteiger partial charge in [-0.25, -0.2) is 0 Å². The van der Waals surface area contributed by atoms with Crippen LogP contribution >= 0.6 is 15.9 Å². The summed E-state index contributed by atoms with van der Waals surface area (Å²) < 4.78 is 6.68. The molecule has 94 valence electrons. The van der Waals surface area contributed by atoms with Crippen LogP contribution in [0.3, 0.4) is 0 Å². The summed E-state index contributed by atoms with van der Waals surface area (Å²) in [7, 11) is 1.92. The Labute approximate surface area is 116 Å². The third-order valence-electron chi connectivity index (χ3n) is 2.65. The van der Waals surface area contributed by atoms with E-state index in [0.717, 1.165) is 16.8 Å². The Balaban J connectivity index is 2.05. The number of rotatable bonds is 5. The molecule has 0 amide bonds. The van der Waals surface area contributed by atoms with Gasteiger partial charge in [0.2, 0.25) is 0 Å². The van der Waals surface area contributed by atoms with Crippen LogP contribution in [0.4, 0.5) is 0 Å². The number of hydrogen-bond acceptors (Lipinski definition) is 2. The average Bonchev–Trinajstić information content (AvgIpc) is 2.41. The minimum atomic E-state index is 0.689. The molecular formula is C15H16BrNO. The van der Waals surface area contributed by atoms with E-state index in [2.05, 4.69) is 45.5 Å². The van der Waals surface area contributed by atoms with Gasteiger partial charge in [-0.05, 0) is 42.4 Å². The fourth-order valence-corrected chi connectivity index (χ4v) is 1.92. The van der Waals surface area contributed by atoms with Crippen molar-refractivity contribution in [2.75, 3.05) is 20.2 Å². The van der Waals surface area contributed by atoms with E-state index in [4.69, 9.17) is 4.74 Å². The van der Waals surface area contributed by atoms with E-state index in [0.29, 0.717) is 6.61 Å². The number of nitrogens with one attached hydrogen (secondary N) is 1. The lowest BCUT2D eigenvalue weighted by molar-refractivity contribution is 0.318. The van der Waals surface area contributed by atoms with Crippen molar-refractivity contribution in [1.29, 1.82) is 0 Å². The zero-order chi connectivity index (χ0) is 12.8. The maximum absolute atomic E-state index is 5.59. The standard InChI is InChI=1S/C15H16BrNO/c1-17-10-11-18-15-8-4-13(5-9-15)12-2-6-14(16)7-3-12/h2-9,17H,10-11H2,1H3. The zero-order valence-electron chi connectivity index (χ0n) is 10.3. The van der Waals surface area contributed by atoms with Crippen molar-refractivity contribution in [3.8, 4) is 16.9 Å². The summed E-state index contributed by atoms with van der Waals surface area (Å²) in [6.45, 7) is 1.54. The van der Waals surface area contributed by atoms with Gasteiger partial charge in [-0.2, -0.15) is 0 Å². The molecule has 0 bridgehead atoms. The van der Waals surface area contributed by atoms with Crippen molar-refractivity contribution in [2.45, 2.75) is 0 Å². The molecule has 0 aliphatic heterocycles. The van der Waals surface area contributed by atoms with E-state index < -0.39 is 0 Å². The first-order chi connectivity index (χ1) is 8.79.